The molecule has 0 fully saturated rings. The van der Waals surface area contributed by atoms with E-state index in [9.17, 15) is 9.59 Å². The zero-order valence-corrected chi connectivity index (χ0v) is 14.4. The summed E-state index contributed by atoms with van der Waals surface area (Å²) >= 11 is 6.15. The molecule has 0 aliphatic rings. The van der Waals surface area contributed by atoms with Gasteiger partial charge in [-0.25, -0.2) is 4.79 Å². The van der Waals surface area contributed by atoms with E-state index in [1.165, 1.54) is 19.2 Å². The summed E-state index contributed by atoms with van der Waals surface area (Å²) in [5.41, 5.74) is 0.157. The maximum absolute atomic E-state index is 12.0. The van der Waals surface area contributed by atoms with Gasteiger partial charge in [0.25, 0.3) is 5.91 Å². The van der Waals surface area contributed by atoms with Gasteiger partial charge in [-0.2, -0.15) is 0 Å². The van der Waals surface area contributed by atoms with Crippen molar-refractivity contribution in [2.75, 3.05) is 26.9 Å². The molecule has 0 aliphatic heterocycles. The van der Waals surface area contributed by atoms with Crippen LogP contribution in [0.4, 0.5) is 0 Å². The Morgan fingerprint density at radius 3 is 2.75 bits per heavy atom. The third kappa shape index (κ3) is 6.01. The summed E-state index contributed by atoms with van der Waals surface area (Å²) < 4.78 is 15.7. The molecule has 0 aliphatic carbocycles. The Morgan fingerprint density at radius 1 is 1.38 bits per heavy atom. The molecule has 0 radical (unpaired) electrons. The van der Waals surface area contributed by atoms with Crippen molar-refractivity contribution in [3.05, 3.63) is 22.7 Å². The second-order valence-corrected chi connectivity index (χ2v) is 5.16. The Labute approximate surface area is 146 Å². The van der Waals surface area contributed by atoms with Crippen molar-refractivity contribution < 1.29 is 23.8 Å². The molecule has 1 N–H and O–H groups in total. The first-order valence-corrected chi connectivity index (χ1v) is 7.78. The number of rotatable bonds is 9. The Hall–Kier alpha value is -2.39. The third-order valence-corrected chi connectivity index (χ3v) is 3.21. The molecule has 0 saturated heterocycles. The maximum atomic E-state index is 12.0. The summed E-state index contributed by atoms with van der Waals surface area (Å²) in [6, 6.07) is 2.86. The van der Waals surface area contributed by atoms with Crippen molar-refractivity contribution in [2.45, 2.75) is 19.8 Å². The normalized spacial score (nSPS) is 9.75. The molecule has 6 nitrogen and oxygen atoms in total. The summed E-state index contributed by atoms with van der Waals surface area (Å²) in [7, 11) is 1.45. The van der Waals surface area contributed by atoms with Crippen LogP contribution >= 0.6 is 11.6 Å². The summed E-state index contributed by atoms with van der Waals surface area (Å²) in [4.78, 5) is 23.4. The topological polar surface area (TPSA) is 73.9 Å². The van der Waals surface area contributed by atoms with E-state index in [0.717, 1.165) is 12.8 Å². The van der Waals surface area contributed by atoms with Gasteiger partial charge in [0.05, 0.1) is 30.8 Å². The van der Waals surface area contributed by atoms with Crippen LogP contribution in [0, 0.1) is 12.3 Å². The number of hydrogen-bond acceptors (Lipinski definition) is 5. The minimum Gasteiger partial charge on any atom is -0.493 e. The molecule has 7 heteroatoms. The molecule has 0 spiro atoms. The van der Waals surface area contributed by atoms with Gasteiger partial charge in [0.1, 0.15) is 0 Å². The number of carbonyl (C=O) groups excluding carboxylic acids is 2. The first-order valence-electron chi connectivity index (χ1n) is 7.41. The lowest BCUT2D eigenvalue weighted by Crippen LogP contribution is -2.29. The van der Waals surface area contributed by atoms with Crippen LogP contribution in [0.25, 0.3) is 0 Å². The first kappa shape index (κ1) is 19.7. The minimum atomic E-state index is -0.703. The number of hydrogen-bond donors (Lipinski definition) is 1. The molecule has 0 atom stereocenters. The molecule has 0 heterocycles. The Balaban J connectivity index is 2.78. The van der Waals surface area contributed by atoms with Crippen molar-refractivity contribution in [3.63, 3.8) is 0 Å². The van der Waals surface area contributed by atoms with Crippen LogP contribution in [-0.4, -0.2) is 38.7 Å². The first-order chi connectivity index (χ1) is 11.5. The molecule has 0 unspecified atom stereocenters. The quantitative estimate of drug-likeness (QED) is 0.419. The van der Waals surface area contributed by atoms with Gasteiger partial charge in [0.2, 0.25) is 0 Å². The zero-order valence-electron chi connectivity index (χ0n) is 13.7. The van der Waals surface area contributed by atoms with Crippen molar-refractivity contribution >= 4 is 23.5 Å². The van der Waals surface area contributed by atoms with E-state index in [1.807, 2.05) is 6.92 Å². The fraction of sp³-hybridized carbons (Fsp3) is 0.412. The molecule has 130 valence electrons. The highest BCUT2D eigenvalue weighted by Crippen LogP contribution is 2.36. The van der Waals surface area contributed by atoms with Gasteiger partial charge < -0.3 is 19.5 Å². The molecule has 24 heavy (non-hydrogen) atoms. The number of unbranched alkanes of at least 4 members (excludes halogenated alkanes) is 1. The average Bonchev–Trinajstić information content (AvgIpc) is 2.58. The van der Waals surface area contributed by atoms with Crippen molar-refractivity contribution in [1.29, 1.82) is 0 Å². The lowest BCUT2D eigenvalue weighted by molar-refractivity contribution is -0.123. The monoisotopic (exact) mass is 353 g/mol. The lowest BCUT2D eigenvalue weighted by Gasteiger charge is -2.13. The summed E-state index contributed by atoms with van der Waals surface area (Å²) in [5.74, 6) is 1.75. The molecule has 0 bridgehead atoms. The molecule has 1 amide bonds. The summed E-state index contributed by atoms with van der Waals surface area (Å²) in [5, 5.41) is 2.62. The molecule has 1 aromatic rings. The fourth-order valence-electron chi connectivity index (χ4n) is 1.71. The van der Waals surface area contributed by atoms with E-state index in [2.05, 4.69) is 11.2 Å². The zero-order chi connectivity index (χ0) is 17.9. The summed E-state index contributed by atoms with van der Waals surface area (Å²) in [6.07, 6.45) is 6.87. The second kappa shape index (κ2) is 10.4. The molecule has 1 rings (SSSR count). The van der Waals surface area contributed by atoms with E-state index < -0.39 is 18.5 Å². The van der Waals surface area contributed by atoms with Gasteiger partial charge in [-0.15, -0.1) is 6.42 Å². The predicted octanol–water partition coefficient (Wildman–Crippen LogP) is 2.43. The number of esters is 1. The third-order valence-electron chi connectivity index (χ3n) is 2.93. The average molecular weight is 354 g/mol. The predicted molar refractivity (Wildman–Crippen MR) is 90.5 cm³/mol. The standard InChI is InChI=1S/C17H20ClNO5/c1-4-6-8-23-16-13(18)9-12(10-14(16)22-3)17(21)24-11-15(20)19-7-5-2/h2,9-10H,4,6-8,11H2,1,3H3,(H,19,20). The number of ether oxygens (including phenoxy) is 3. The summed E-state index contributed by atoms with van der Waals surface area (Å²) in [6.45, 7) is 2.17. The SMILES string of the molecule is C#CCNC(=O)COC(=O)c1cc(Cl)c(OCCCC)c(OC)c1. The van der Waals surface area contributed by atoms with Gasteiger partial charge in [-0.3, -0.25) is 4.79 Å². The van der Waals surface area contributed by atoms with Crippen LogP contribution in [0.15, 0.2) is 12.1 Å². The van der Waals surface area contributed by atoms with E-state index in [0.29, 0.717) is 18.1 Å². The minimum absolute atomic E-state index is 0.0693. The van der Waals surface area contributed by atoms with Crippen LogP contribution in [0.2, 0.25) is 5.02 Å². The van der Waals surface area contributed by atoms with E-state index in [4.69, 9.17) is 32.2 Å². The van der Waals surface area contributed by atoms with Gasteiger partial charge in [-0.1, -0.05) is 30.9 Å². The smallest absolute Gasteiger partial charge is 0.338 e. The number of halogens is 1. The van der Waals surface area contributed by atoms with Crippen LogP contribution in [-0.2, 0) is 9.53 Å². The number of benzene rings is 1. The fourth-order valence-corrected chi connectivity index (χ4v) is 1.98. The van der Waals surface area contributed by atoms with Crippen LogP contribution < -0.4 is 14.8 Å². The van der Waals surface area contributed by atoms with Crippen LogP contribution in [0.5, 0.6) is 11.5 Å². The van der Waals surface area contributed by atoms with Gasteiger partial charge in [-0.05, 0) is 18.6 Å². The van der Waals surface area contributed by atoms with E-state index in [-0.39, 0.29) is 17.1 Å². The van der Waals surface area contributed by atoms with Gasteiger partial charge >= 0.3 is 5.97 Å². The van der Waals surface area contributed by atoms with E-state index in [1.54, 1.807) is 0 Å². The second-order valence-electron chi connectivity index (χ2n) is 4.75. The Kier molecular flexibility index (Phi) is 8.52. The highest BCUT2D eigenvalue weighted by molar-refractivity contribution is 6.32. The van der Waals surface area contributed by atoms with Gasteiger partial charge in [0.15, 0.2) is 18.1 Å². The highest BCUT2D eigenvalue weighted by Gasteiger charge is 2.17. The number of amides is 1. The molecule has 0 aromatic heterocycles. The van der Waals surface area contributed by atoms with Crippen molar-refractivity contribution in [3.8, 4) is 23.8 Å². The van der Waals surface area contributed by atoms with Crippen molar-refractivity contribution in [2.24, 2.45) is 0 Å². The largest absolute Gasteiger partial charge is 0.493 e. The molecular formula is C17H20ClNO5. The maximum Gasteiger partial charge on any atom is 0.338 e. The molecule has 1 aromatic carbocycles. The van der Waals surface area contributed by atoms with Gasteiger partial charge in [0, 0.05) is 0 Å². The number of nitrogens with one attached hydrogen (secondary N) is 1. The molecule has 0 saturated carbocycles. The lowest BCUT2D eigenvalue weighted by atomic mass is 10.2. The number of carbonyl (C=O) groups is 2. The number of terminal acetylenes is 1. The van der Waals surface area contributed by atoms with E-state index >= 15 is 0 Å². The number of methoxy groups -OCH3 is 1. The Bertz CT molecular complexity index is 624. The Morgan fingerprint density at radius 2 is 2.12 bits per heavy atom. The van der Waals surface area contributed by atoms with Crippen molar-refractivity contribution in [1.82, 2.24) is 5.32 Å². The van der Waals surface area contributed by atoms with Crippen LogP contribution in [0.3, 0.4) is 0 Å². The molecular weight excluding hydrogens is 334 g/mol. The highest BCUT2D eigenvalue weighted by atomic mass is 35.5. The van der Waals surface area contributed by atoms with Crippen LogP contribution in [0.1, 0.15) is 30.1 Å².